The second kappa shape index (κ2) is 8.60. The van der Waals surface area contributed by atoms with Crippen molar-refractivity contribution < 1.29 is 14.3 Å². The maximum Gasteiger partial charge on any atom is 0.230 e. The first-order chi connectivity index (χ1) is 11.7. The van der Waals surface area contributed by atoms with Crippen LogP contribution in [-0.4, -0.2) is 74.1 Å². The number of amides is 1. The van der Waals surface area contributed by atoms with Crippen LogP contribution in [0.15, 0.2) is 33.7 Å². The second-order valence-electron chi connectivity index (χ2n) is 5.75. The van der Waals surface area contributed by atoms with Crippen molar-refractivity contribution >= 4 is 33.4 Å². The molecule has 0 radical (unpaired) electrons. The zero-order valence-corrected chi connectivity index (χ0v) is 15.2. The summed E-state index contributed by atoms with van der Waals surface area (Å²) < 4.78 is 11.7. The Morgan fingerprint density at radius 3 is 2.21 bits per heavy atom. The number of ether oxygens (including phenoxy) is 2. The minimum atomic E-state index is 0.107. The normalized spacial score (nSPS) is 19.5. The van der Waals surface area contributed by atoms with E-state index in [4.69, 9.17) is 14.5 Å². The molecule has 7 heteroatoms. The lowest BCUT2D eigenvalue weighted by Crippen LogP contribution is -2.45. The van der Waals surface area contributed by atoms with Crippen LogP contribution in [0.25, 0.3) is 0 Å². The van der Waals surface area contributed by atoms with Gasteiger partial charge < -0.3 is 19.3 Å². The molecule has 0 spiro atoms. The van der Waals surface area contributed by atoms with Gasteiger partial charge in [0.2, 0.25) is 5.91 Å². The van der Waals surface area contributed by atoms with E-state index < -0.39 is 0 Å². The summed E-state index contributed by atoms with van der Waals surface area (Å²) in [6.45, 7) is 5.40. The van der Waals surface area contributed by atoms with Gasteiger partial charge in [-0.25, -0.2) is 4.99 Å². The Morgan fingerprint density at radius 1 is 1.00 bits per heavy atom. The van der Waals surface area contributed by atoms with Crippen molar-refractivity contribution in [3.05, 3.63) is 28.7 Å². The van der Waals surface area contributed by atoms with Crippen molar-refractivity contribution in [2.45, 2.75) is 6.42 Å². The van der Waals surface area contributed by atoms with Gasteiger partial charge in [-0.3, -0.25) is 4.79 Å². The van der Waals surface area contributed by atoms with Crippen LogP contribution in [0.1, 0.15) is 6.42 Å². The van der Waals surface area contributed by atoms with Gasteiger partial charge in [0.05, 0.1) is 38.5 Å². The number of rotatable bonds is 3. The van der Waals surface area contributed by atoms with Crippen LogP contribution < -0.4 is 0 Å². The van der Waals surface area contributed by atoms with E-state index in [0.29, 0.717) is 45.9 Å². The Morgan fingerprint density at radius 2 is 1.58 bits per heavy atom. The highest BCUT2D eigenvalue weighted by molar-refractivity contribution is 9.10. The predicted octanol–water partition coefficient (Wildman–Crippen LogP) is 2.06. The highest BCUT2D eigenvalue weighted by Gasteiger charge is 2.23. The summed E-state index contributed by atoms with van der Waals surface area (Å²) in [4.78, 5) is 21.4. The second-order valence-corrected chi connectivity index (χ2v) is 6.60. The van der Waals surface area contributed by atoms with Gasteiger partial charge in [0, 0.05) is 30.7 Å². The molecule has 2 fully saturated rings. The van der Waals surface area contributed by atoms with Gasteiger partial charge in [0.15, 0.2) is 0 Å². The Bertz CT molecular complexity index is 596. The third-order valence-electron chi connectivity index (χ3n) is 4.15. The number of aliphatic imine (C=N–C) groups is 1. The Balaban J connectivity index is 1.79. The zero-order valence-electron chi connectivity index (χ0n) is 13.6. The van der Waals surface area contributed by atoms with Crippen LogP contribution in [0.5, 0.6) is 0 Å². The number of para-hydroxylation sites is 1. The maximum absolute atomic E-state index is 12.6. The highest BCUT2D eigenvalue weighted by atomic mass is 79.9. The lowest BCUT2D eigenvalue weighted by atomic mass is 10.2. The number of hydrogen-bond donors (Lipinski definition) is 0. The number of halogens is 1. The molecule has 1 amide bonds. The lowest BCUT2D eigenvalue weighted by Gasteiger charge is -2.32. The molecule has 2 aliphatic rings. The molecule has 24 heavy (non-hydrogen) atoms. The first-order valence-corrected chi connectivity index (χ1v) is 9.03. The van der Waals surface area contributed by atoms with Gasteiger partial charge in [-0.1, -0.05) is 12.1 Å². The van der Waals surface area contributed by atoms with E-state index in [1.54, 1.807) is 0 Å². The fourth-order valence-corrected chi connectivity index (χ4v) is 3.16. The molecule has 0 aliphatic carbocycles. The first-order valence-electron chi connectivity index (χ1n) is 8.24. The van der Waals surface area contributed by atoms with Gasteiger partial charge in [0.1, 0.15) is 5.84 Å². The molecule has 3 rings (SSSR count). The number of amidine groups is 1. The van der Waals surface area contributed by atoms with Gasteiger partial charge in [-0.15, -0.1) is 0 Å². The van der Waals surface area contributed by atoms with Gasteiger partial charge >= 0.3 is 0 Å². The molecular weight excluding hydrogens is 374 g/mol. The summed E-state index contributed by atoms with van der Waals surface area (Å²) in [6.07, 6.45) is 0.307. The van der Waals surface area contributed by atoms with E-state index in [0.717, 1.165) is 29.1 Å². The minimum Gasteiger partial charge on any atom is -0.378 e. The summed E-state index contributed by atoms with van der Waals surface area (Å²) in [6, 6.07) is 7.81. The maximum atomic E-state index is 12.6. The topological polar surface area (TPSA) is 54.4 Å². The summed E-state index contributed by atoms with van der Waals surface area (Å²) in [5, 5.41) is 0. The summed E-state index contributed by atoms with van der Waals surface area (Å²) in [5.41, 5.74) is 0.841. The number of carbonyl (C=O) groups excluding carboxylic acids is 1. The summed E-state index contributed by atoms with van der Waals surface area (Å²) in [5.74, 6) is 0.914. The minimum absolute atomic E-state index is 0.107. The van der Waals surface area contributed by atoms with E-state index in [1.165, 1.54) is 0 Å². The van der Waals surface area contributed by atoms with Gasteiger partial charge in [-0.2, -0.15) is 0 Å². The molecule has 1 aromatic carbocycles. The van der Waals surface area contributed by atoms with Crippen LogP contribution >= 0.6 is 15.9 Å². The van der Waals surface area contributed by atoms with Crippen molar-refractivity contribution in [3.8, 4) is 0 Å². The SMILES string of the molecule is O=C(CC(=Nc1ccccc1Br)N1CCOCC1)N1CCOCC1. The Hall–Kier alpha value is -1.44. The highest BCUT2D eigenvalue weighted by Crippen LogP contribution is 2.25. The molecule has 2 aliphatic heterocycles. The van der Waals surface area contributed by atoms with E-state index in [1.807, 2.05) is 29.2 Å². The molecule has 0 aromatic heterocycles. The molecule has 2 heterocycles. The molecule has 0 N–H and O–H groups in total. The largest absolute Gasteiger partial charge is 0.378 e. The molecule has 0 unspecified atom stereocenters. The quantitative estimate of drug-likeness (QED) is 0.580. The van der Waals surface area contributed by atoms with Crippen molar-refractivity contribution in [2.24, 2.45) is 4.99 Å². The zero-order chi connectivity index (χ0) is 16.8. The molecule has 0 bridgehead atoms. The molecule has 130 valence electrons. The molecular formula is C17H22BrN3O3. The van der Waals surface area contributed by atoms with Crippen LogP contribution in [0, 0.1) is 0 Å². The number of carbonyl (C=O) groups is 1. The fourth-order valence-electron chi connectivity index (χ4n) is 2.78. The van der Waals surface area contributed by atoms with Crippen LogP contribution in [0.2, 0.25) is 0 Å². The third kappa shape index (κ3) is 4.55. The van der Waals surface area contributed by atoms with Crippen molar-refractivity contribution in [1.29, 1.82) is 0 Å². The Kier molecular flexibility index (Phi) is 6.23. The number of morpholine rings is 2. The van der Waals surface area contributed by atoms with E-state index in [9.17, 15) is 4.79 Å². The summed E-state index contributed by atoms with van der Waals surface area (Å²) >= 11 is 3.53. The monoisotopic (exact) mass is 395 g/mol. The smallest absolute Gasteiger partial charge is 0.230 e. The molecule has 0 atom stereocenters. The number of hydrogen-bond acceptors (Lipinski definition) is 4. The van der Waals surface area contributed by atoms with E-state index in [2.05, 4.69) is 20.8 Å². The van der Waals surface area contributed by atoms with E-state index >= 15 is 0 Å². The number of nitrogens with zero attached hydrogens (tertiary/aromatic N) is 3. The molecule has 6 nitrogen and oxygen atoms in total. The molecule has 0 saturated carbocycles. The predicted molar refractivity (Wildman–Crippen MR) is 95.6 cm³/mol. The third-order valence-corrected chi connectivity index (χ3v) is 4.82. The Labute approximate surface area is 150 Å². The van der Waals surface area contributed by atoms with E-state index in [-0.39, 0.29) is 5.91 Å². The fraction of sp³-hybridized carbons (Fsp3) is 0.529. The average Bonchev–Trinajstić information content (AvgIpc) is 2.64. The molecule has 1 aromatic rings. The van der Waals surface area contributed by atoms with Crippen molar-refractivity contribution in [1.82, 2.24) is 9.80 Å². The lowest BCUT2D eigenvalue weighted by molar-refractivity contribution is -0.134. The summed E-state index contributed by atoms with van der Waals surface area (Å²) in [7, 11) is 0. The van der Waals surface area contributed by atoms with Crippen molar-refractivity contribution in [2.75, 3.05) is 52.6 Å². The average molecular weight is 396 g/mol. The molecule has 2 saturated heterocycles. The van der Waals surface area contributed by atoms with Gasteiger partial charge in [-0.05, 0) is 28.1 Å². The van der Waals surface area contributed by atoms with Crippen molar-refractivity contribution in [3.63, 3.8) is 0 Å². The number of benzene rings is 1. The first kappa shape index (κ1) is 17.4. The van der Waals surface area contributed by atoms with Crippen LogP contribution in [0.4, 0.5) is 5.69 Å². The van der Waals surface area contributed by atoms with Crippen LogP contribution in [-0.2, 0) is 14.3 Å². The standard InChI is InChI=1S/C17H22BrN3O3/c18-14-3-1-2-4-15(14)19-16(20-5-9-23-10-6-20)13-17(22)21-7-11-24-12-8-21/h1-4H,5-13H2. The van der Waals surface area contributed by atoms with Gasteiger partial charge in [0.25, 0.3) is 0 Å². The van der Waals surface area contributed by atoms with Crippen LogP contribution in [0.3, 0.4) is 0 Å².